The topological polar surface area (TPSA) is 139 Å². The van der Waals surface area contributed by atoms with E-state index in [9.17, 15) is 14.7 Å². The molecule has 2 amide bonds. The molecule has 212 valence electrons. The normalized spacial score (nSPS) is 20.8. The van der Waals surface area contributed by atoms with Gasteiger partial charge in [0.05, 0.1) is 41.6 Å². The first-order chi connectivity index (χ1) is 19.1. The number of benzene rings is 1. The third kappa shape index (κ3) is 6.46. The van der Waals surface area contributed by atoms with Crippen molar-refractivity contribution in [3.63, 3.8) is 0 Å². The van der Waals surface area contributed by atoms with E-state index in [1.165, 1.54) is 11.8 Å². The fourth-order valence-electron chi connectivity index (χ4n) is 4.91. The molecule has 1 fully saturated rings. The van der Waals surface area contributed by atoms with Crippen LogP contribution in [0.1, 0.15) is 73.1 Å². The van der Waals surface area contributed by atoms with Crippen LogP contribution in [0.4, 0.5) is 11.4 Å². The number of rotatable bonds is 8. The van der Waals surface area contributed by atoms with Crippen LogP contribution < -0.4 is 16.4 Å². The molecule has 1 aliphatic rings. The number of pyridine rings is 2. The molecular formula is C30H37N5O4S. The molecule has 0 saturated carbocycles. The Kier molecular flexibility index (Phi) is 9.44. The number of nitrogen functional groups attached to an aromatic ring is 1. The van der Waals surface area contributed by atoms with Crippen LogP contribution >= 0.6 is 11.8 Å². The SMILES string of the molecule is CC[C@H]1O[C@@H](c2ccncc2NC(=O)c2nc(-c3cc(C(=O)NC(C)C)ccc3SC)ccc2N)C[C@@H](O)[C@H]1C. The Morgan fingerprint density at radius 3 is 2.67 bits per heavy atom. The first kappa shape index (κ1) is 29.5. The van der Waals surface area contributed by atoms with Crippen molar-refractivity contribution in [2.75, 3.05) is 17.3 Å². The van der Waals surface area contributed by atoms with Crippen molar-refractivity contribution < 1.29 is 19.4 Å². The van der Waals surface area contributed by atoms with E-state index in [1.807, 2.05) is 40.0 Å². The molecule has 0 radical (unpaired) electrons. The van der Waals surface area contributed by atoms with Gasteiger partial charge in [-0.05, 0) is 62.9 Å². The average Bonchev–Trinajstić information content (AvgIpc) is 2.94. The molecule has 1 aromatic carbocycles. The Bertz CT molecular complexity index is 1380. The Morgan fingerprint density at radius 2 is 1.98 bits per heavy atom. The van der Waals surface area contributed by atoms with Gasteiger partial charge in [0, 0.05) is 46.2 Å². The molecule has 1 saturated heterocycles. The number of carbonyl (C=O) groups excluding carboxylic acids is 2. The number of hydrogen-bond acceptors (Lipinski definition) is 8. The summed E-state index contributed by atoms with van der Waals surface area (Å²) in [6, 6.07) is 10.6. The third-order valence-corrected chi connectivity index (χ3v) is 7.93. The van der Waals surface area contributed by atoms with Crippen molar-refractivity contribution in [1.82, 2.24) is 15.3 Å². The van der Waals surface area contributed by atoms with Gasteiger partial charge < -0.3 is 26.2 Å². The maximum atomic E-state index is 13.5. The van der Waals surface area contributed by atoms with Crippen LogP contribution in [0.5, 0.6) is 0 Å². The van der Waals surface area contributed by atoms with Gasteiger partial charge in [-0.1, -0.05) is 13.8 Å². The van der Waals surface area contributed by atoms with Gasteiger partial charge in [0.25, 0.3) is 11.8 Å². The molecule has 5 N–H and O–H groups in total. The number of carbonyl (C=O) groups is 2. The highest BCUT2D eigenvalue weighted by molar-refractivity contribution is 7.98. The van der Waals surface area contributed by atoms with E-state index in [-0.39, 0.29) is 35.4 Å². The van der Waals surface area contributed by atoms with E-state index in [0.717, 1.165) is 22.4 Å². The molecule has 0 aliphatic carbocycles. The second kappa shape index (κ2) is 12.8. The number of hydrogen-bond donors (Lipinski definition) is 4. The summed E-state index contributed by atoms with van der Waals surface area (Å²) in [4.78, 5) is 35.9. The molecular weight excluding hydrogens is 526 g/mol. The lowest BCUT2D eigenvalue weighted by Gasteiger charge is -2.38. The molecule has 3 aromatic rings. The fourth-order valence-corrected chi connectivity index (χ4v) is 5.50. The molecule has 2 aromatic heterocycles. The summed E-state index contributed by atoms with van der Waals surface area (Å²) in [5.74, 6) is -0.657. The maximum absolute atomic E-state index is 13.5. The van der Waals surface area contributed by atoms with Gasteiger partial charge in [-0.2, -0.15) is 0 Å². The van der Waals surface area contributed by atoms with Gasteiger partial charge in [0.1, 0.15) is 0 Å². The predicted octanol–water partition coefficient (Wildman–Crippen LogP) is 5.08. The second-order valence-electron chi connectivity index (χ2n) is 10.3. The fraction of sp³-hybridized carbons (Fsp3) is 0.400. The molecule has 3 heterocycles. The smallest absolute Gasteiger partial charge is 0.276 e. The molecule has 0 spiro atoms. The maximum Gasteiger partial charge on any atom is 0.276 e. The van der Waals surface area contributed by atoms with Crippen molar-refractivity contribution in [3.05, 3.63) is 65.6 Å². The number of thioether (sulfide) groups is 1. The van der Waals surface area contributed by atoms with Crippen LogP contribution in [0, 0.1) is 5.92 Å². The van der Waals surface area contributed by atoms with Crippen LogP contribution in [-0.2, 0) is 4.74 Å². The highest BCUT2D eigenvalue weighted by Crippen LogP contribution is 2.38. The summed E-state index contributed by atoms with van der Waals surface area (Å²) in [5, 5.41) is 16.5. The quantitative estimate of drug-likeness (QED) is 0.279. The number of aromatic nitrogens is 2. The van der Waals surface area contributed by atoms with E-state index in [4.69, 9.17) is 10.5 Å². The number of ether oxygens (including phenoxy) is 1. The number of amides is 2. The number of aliphatic hydroxyl groups is 1. The molecule has 10 heteroatoms. The van der Waals surface area contributed by atoms with Crippen molar-refractivity contribution >= 4 is 35.0 Å². The Balaban J connectivity index is 1.64. The zero-order valence-corrected chi connectivity index (χ0v) is 24.3. The zero-order chi connectivity index (χ0) is 29.0. The monoisotopic (exact) mass is 563 g/mol. The van der Waals surface area contributed by atoms with Gasteiger partial charge in [0.15, 0.2) is 5.69 Å². The van der Waals surface area contributed by atoms with E-state index < -0.39 is 18.1 Å². The summed E-state index contributed by atoms with van der Waals surface area (Å²) in [6.07, 6.45) is 5.32. The minimum Gasteiger partial charge on any atom is -0.397 e. The largest absolute Gasteiger partial charge is 0.397 e. The van der Waals surface area contributed by atoms with E-state index in [0.29, 0.717) is 23.4 Å². The van der Waals surface area contributed by atoms with E-state index in [1.54, 1.807) is 42.7 Å². The molecule has 4 rings (SSSR count). The van der Waals surface area contributed by atoms with Crippen molar-refractivity contribution in [3.8, 4) is 11.3 Å². The molecule has 0 bridgehead atoms. The first-order valence-corrected chi connectivity index (χ1v) is 14.7. The van der Waals surface area contributed by atoms with Crippen LogP contribution in [0.2, 0.25) is 0 Å². The Labute approximate surface area is 239 Å². The molecule has 0 unspecified atom stereocenters. The zero-order valence-electron chi connectivity index (χ0n) is 23.5. The van der Waals surface area contributed by atoms with Crippen LogP contribution in [0.3, 0.4) is 0 Å². The minimum absolute atomic E-state index is 0.00276. The summed E-state index contributed by atoms with van der Waals surface area (Å²) >= 11 is 1.52. The van der Waals surface area contributed by atoms with Gasteiger partial charge in [0.2, 0.25) is 0 Å². The number of nitrogens with two attached hydrogens (primary N) is 1. The molecule has 9 nitrogen and oxygen atoms in total. The van der Waals surface area contributed by atoms with E-state index in [2.05, 4.69) is 20.6 Å². The van der Waals surface area contributed by atoms with Crippen LogP contribution in [0.25, 0.3) is 11.3 Å². The Hall–Kier alpha value is -3.47. The van der Waals surface area contributed by atoms with Crippen LogP contribution in [0.15, 0.2) is 53.7 Å². The summed E-state index contributed by atoms with van der Waals surface area (Å²) in [6.45, 7) is 7.82. The summed E-state index contributed by atoms with van der Waals surface area (Å²) < 4.78 is 6.30. The number of nitrogens with zero attached hydrogens (tertiary/aromatic N) is 2. The molecule has 4 atom stereocenters. The predicted molar refractivity (Wildman–Crippen MR) is 158 cm³/mol. The van der Waals surface area contributed by atoms with Gasteiger partial charge >= 0.3 is 0 Å². The summed E-state index contributed by atoms with van der Waals surface area (Å²) in [7, 11) is 0. The van der Waals surface area contributed by atoms with Gasteiger partial charge in [-0.25, -0.2) is 4.98 Å². The minimum atomic E-state index is -0.515. The van der Waals surface area contributed by atoms with Gasteiger partial charge in [-0.15, -0.1) is 11.8 Å². The van der Waals surface area contributed by atoms with Gasteiger partial charge in [-0.3, -0.25) is 14.6 Å². The second-order valence-corrected chi connectivity index (χ2v) is 11.2. The van der Waals surface area contributed by atoms with E-state index >= 15 is 0 Å². The highest BCUT2D eigenvalue weighted by Gasteiger charge is 2.35. The number of nitrogens with one attached hydrogen (secondary N) is 2. The van der Waals surface area contributed by atoms with Crippen molar-refractivity contribution in [1.29, 1.82) is 0 Å². The first-order valence-electron chi connectivity index (χ1n) is 13.5. The number of anilines is 2. The molecule has 1 aliphatic heterocycles. The van der Waals surface area contributed by atoms with Crippen LogP contribution in [-0.4, -0.2) is 51.4 Å². The Morgan fingerprint density at radius 1 is 1.20 bits per heavy atom. The highest BCUT2D eigenvalue weighted by atomic mass is 32.2. The number of aliphatic hydroxyl groups excluding tert-OH is 1. The summed E-state index contributed by atoms with van der Waals surface area (Å²) in [5.41, 5.74) is 9.44. The standard InChI is InChI=1S/C30H37N5O4S/c1-6-25-17(4)24(36)14-26(39-25)19-11-12-32-15-23(19)35-30(38)28-21(31)8-9-22(34-28)20-13-18(7-10-27(20)40-5)29(37)33-16(2)3/h7-13,15-17,24-26,36H,6,14,31H2,1-5H3,(H,33,37)(H,35,38)/t17-,24-,25-,26-/m1/s1. The van der Waals surface area contributed by atoms with Crippen molar-refractivity contribution in [2.24, 2.45) is 5.92 Å². The average molecular weight is 564 g/mol. The molecule has 40 heavy (non-hydrogen) atoms. The lowest BCUT2D eigenvalue weighted by Crippen LogP contribution is -2.39. The van der Waals surface area contributed by atoms with Crippen molar-refractivity contribution in [2.45, 2.75) is 69.8 Å². The lowest BCUT2D eigenvalue weighted by atomic mass is 9.87. The lowest BCUT2D eigenvalue weighted by molar-refractivity contribution is -0.133. The third-order valence-electron chi connectivity index (χ3n) is 7.14.